The van der Waals surface area contributed by atoms with Crippen molar-refractivity contribution in [1.82, 2.24) is 4.90 Å². The van der Waals surface area contributed by atoms with Crippen molar-refractivity contribution in [2.45, 2.75) is 20.8 Å². The quantitative estimate of drug-likeness (QED) is 0.824. The van der Waals surface area contributed by atoms with Gasteiger partial charge in [0.2, 0.25) is 5.91 Å². The molecule has 0 bridgehead atoms. The van der Waals surface area contributed by atoms with Crippen LogP contribution in [0.4, 0.5) is 11.4 Å². The fourth-order valence-electron chi connectivity index (χ4n) is 3.15. The van der Waals surface area contributed by atoms with Crippen molar-refractivity contribution in [3.8, 4) is 0 Å². The van der Waals surface area contributed by atoms with Gasteiger partial charge in [-0.05, 0) is 25.2 Å². The van der Waals surface area contributed by atoms with Crippen molar-refractivity contribution in [1.29, 1.82) is 0 Å². The van der Waals surface area contributed by atoms with Crippen LogP contribution < -0.4 is 10.2 Å². The Hall–Kier alpha value is -2.66. The van der Waals surface area contributed by atoms with Gasteiger partial charge < -0.3 is 15.1 Å². The van der Waals surface area contributed by atoms with E-state index in [1.807, 2.05) is 57.2 Å². The summed E-state index contributed by atoms with van der Waals surface area (Å²) in [7, 11) is 2.12. The van der Waals surface area contributed by atoms with Gasteiger partial charge in [0.1, 0.15) is 0 Å². The maximum atomic E-state index is 13.2. The Balaban J connectivity index is 1.97. The number of benzene rings is 2. The summed E-state index contributed by atoms with van der Waals surface area (Å²) in [6.45, 7) is 9.40. The van der Waals surface area contributed by atoms with Gasteiger partial charge in [0.15, 0.2) is 5.78 Å². The molecule has 0 aliphatic carbocycles. The Labute approximate surface area is 167 Å². The molecule has 1 N–H and O–H groups in total. The SMILES string of the molecule is CN1CCN(c2ccc(NC(=O)C(C)(C)C)c(C(=O)c3ccccc3)c2)CC1. The minimum absolute atomic E-state index is 0.0826. The lowest BCUT2D eigenvalue weighted by Crippen LogP contribution is -2.44. The Morgan fingerprint density at radius 3 is 2.18 bits per heavy atom. The molecule has 1 saturated heterocycles. The number of amides is 1. The van der Waals surface area contributed by atoms with Crippen LogP contribution in [0.2, 0.25) is 0 Å². The van der Waals surface area contributed by atoms with Crippen LogP contribution in [0.1, 0.15) is 36.7 Å². The third kappa shape index (κ3) is 4.60. The zero-order valence-corrected chi connectivity index (χ0v) is 17.2. The number of carbonyl (C=O) groups is 2. The van der Waals surface area contributed by atoms with E-state index in [4.69, 9.17) is 0 Å². The van der Waals surface area contributed by atoms with Gasteiger partial charge in [-0.15, -0.1) is 0 Å². The summed E-state index contributed by atoms with van der Waals surface area (Å²) in [5.74, 6) is -0.192. The number of carbonyl (C=O) groups excluding carboxylic acids is 2. The first-order valence-electron chi connectivity index (χ1n) is 9.74. The highest BCUT2D eigenvalue weighted by molar-refractivity contribution is 6.14. The summed E-state index contributed by atoms with van der Waals surface area (Å²) in [5, 5.41) is 2.95. The van der Waals surface area contributed by atoms with Crippen LogP contribution in [0.3, 0.4) is 0 Å². The highest BCUT2D eigenvalue weighted by Crippen LogP contribution is 2.28. The standard InChI is InChI=1S/C23H29N3O2/c1-23(2,3)22(28)24-20-11-10-18(26-14-12-25(4)13-15-26)16-19(20)21(27)17-8-6-5-7-9-17/h5-11,16H,12-15H2,1-4H3,(H,24,28). The molecular formula is C23H29N3O2. The highest BCUT2D eigenvalue weighted by Gasteiger charge is 2.24. The first-order chi connectivity index (χ1) is 13.3. The maximum Gasteiger partial charge on any atom is 0.229 e. The van der Waals surface area contributed by atoms with Crippen LogP contribution in [0.25, 0.3) is 0 Å². The van der Waals surface area contributed by atoms with Crippen molar-refractivity contribution >= 4 is 23.1 Å². The molecule has 1 aliphatic rings. The second kappa shape index (κ2) is 8.15. The molecule has 28 heavy (non-hydrogen) atoms. The smallest absolute Gasteiger partial charge is 0.229 e. The van der Waals surface area contributed by atoms with Gasteiger partial charge in [-0.3, -0.25) is 9.59 Å². The normalized spacial score (nSPS) is 15.4. The van der Waals surface area contributed by atoms with Crippen molar-refractivity contribution in [2.75, 3.05) is 43.4 Å². The number of rotatable bonds is 4. The Bertz CT molecular complexity index is 848. The van der Waals surface area contributed by atoms with Crippen molar-refractivity contribution in [3.63, 3.8) is 0 Å². The van der Waals surface area contributed by atoms with Crippen molar-refractivity contribution in [3.05, 3.63) is 59.7 Å². The molecule has 148 valence electrons. The summed E-state index contributed by atoms with van der Waals surface area (Å²) in [5.41, 5.74) is 2.18. The predicted octanol–water partition coefficient (Wildman–Crippen LogP) is 3.65. The fourth-order valence-corrected chi connectivity index (χ4v) is 3.15. The highest BCUT2D eigenvalue weighted by atomic mass is 16.2. The van der Waals surface area contributed by atoms with Gasteiger partial charge in [0.05, 0.1) is 5.69 Å². The van der Waals surface area contributed by atoms with Gasteiger partial charge in [-0.1, -0.05) is 51.1 Å². The van der Waals surface area contributed by atoms with E-state index in [9.17, 15) is 9.59 Å². The molecule has 3 rings (SSSR count). The maximum absolute atomic E-state index is 13.2. The molecule has 1 amide bonds. The number of piperazine rings is 1. The average molecular weight is 380 g/mol. The first kappa shape index (κ1) is 20.1. The number of hydrogen-bond donors (Lipinski definition) is 1. The van der Waals surface area contributed by atoms with E-state index >= 15 is 0 Å². The van der Waals surface area contributed by atoms with Gasteiger partial charge >= 0.3 is 0 Å². The van der Waals surface area contributed by atoms with Crippen molar-refractivity contribution < 1.29 is 9.59 Å². The minimum Gasteiger partial charge on any atom is -0.369 e. The van der Waals surface area contributed by atoms with Gasteiger partial charge in [0, 0.05) is 48.4 Å². The van der Waals surface area contributed by atoms with Gasteiger partial charge in [0.25, 0.3) is 0 Å². The molecule has 1 heterocycles. The largest absolute Gasteiger partial charge is 0.369 e. The molecule has 0 saturated carbocycles. The van der Waals surface area contributed by atoms with Gasteiger partial charge in [-0.25, -0.2) is 0 Å². The number of ketones is 1. The molecule has 5 heteroatoms. The number of nitrogens with one attached hydrogen (secondary N) is 1. The van der Waals surface area contributed by atoms with Crippen LogP contribution in [0.15, 0.2) is 48.5 Å². The molecule has 0 atom stereocenters. The van der Waals surface area contributed by atoms with Gasteiger partial charge in [-0.2, -0.15) is 0 Å². The predicted molar refractivity (Wildman–Crippen MR) is 114 cm³/mol. The van der Waals surface area contributed by atoms with Crippen LogP contribution in [-0.4, -0.2) is 49.8 Å². The average Bonchev–Trinajstić information content (AvgIpc) is 2.68. The second-order valence-electron chi connectivity index (χ2n) is 8.42. The Morgan fingerprint density at radius 2 is 1.57 bits per heavy atom. The topological polar surface area (TPSA) is 52.6 Å². The molecule has 1 fully saturated rings. The Kier molecular flexibility index (Phi) is 5.84. The lowest BCUT2D eigenvalue weighted by Gasteiger charge is -2.34. The summed E-state index contributed by atoms with van der Waals surface area (Å²) in [6, 6.07) is 15.0. The van der Waals surface area contributed by atoms with Crippen molar-refractivity contribution in [2.24, 2.45) is 5.41 Å². The summed E-state index contributed by atoms with van der Waals surface area (Å²) in [6.07, 6.45) is 0. The molecule has 0 unspecified atom stereocenters. The fraction of sp³-hybridized carbons (Fsp3) is 0.391. The zero-order valence-electron chi connectivity index (χ0n) is 17.2. The second-order valence-corrected chi connectivity index (χ2v) is 8.42. The van der Waals surface area contributed by atoms with E-state index in [2.05, 4.69) is 22.2 Å². The van der Waals surface area contributed by atoms with Crippen LogP contribution in [0, 0.1) is 5.41 Å². The monoisotopic (exact) mass is 379 g/mol. The molecule has 0 radical (unpaired) electrons. The third-order valence-corrected chi connectivity index (χ3v) is 5.08. The molecule has 5 nitrogen and oxygen atoms in total. The number of nitrogens with zero attached hydrogens (tertiary/aromatic N) is 2. The van der Waals surface area contributed by atoms with Crippen LogP contribution in [0.5, 0.6) is 0 Å². The number of hydrogen-bond acceptors (Lipinski definition) is 4. The van der Waals surface area contributed by atoms with E-state index in [0.717, 1.165) is 31.9 Å². The number of likely N-dealkylation sites (N-methyl/N-ethyl adjacent to an activating group) is 1. The molecule has 1 aliphatic heterocycles. The molecular weight excluding hydrogens is 350 g/mol. The van der Waals surface area contributed by atoms with Crippen LogP contribution >= 0.6 is 0 Å². The third-order valence-electron chi connectivity index (χ3n) is 5.08. The molecule has 2 aromatic rings. The summed E-state index contributed by atoms with van der Waals surface area (Å²) >= 11 is 0. The number of anilines is 2. The summed E-state index contributed by atoms with van der Waals surface area (Å²) < 4.78 is 0. The zero-order chi connectivity index (χ0) is 20.3. The lowest BCUT2D eigenvalue weighted by atomic mass is 9.94. The minimum atomic E-state index is -0.539. The van der Waals surface area contributed by atoms with Crippen LogP contribution in [-0.2, 0) is 4.79 Å². The lowest BCUT2D eigenvalue weighted by molar-refractivity contribution is -0.123. The summed E-state index contributed by atoms with van der Waals surface area (Å²) in [4.78, 5) is 30.3. The van der Waals surface area contributed by atoms with E-state index in [-0.39, 0.29) is 11.7 Å². The van der Waals surface area contributed by atoms with E-state index in [1.165, 1.54) is 0 Å². The van der Waals surface area contributed by atoms with E-state index < -0.39 is 5.41 Å². The molecule has 2 aromatic carbocycles. The Morgan fingerprint density at radius 1 is 0.929 bits per heavy atom. The van der Waals surface area contributed by atoms with E-state index in [0.29, 0.717) is 16.8 Å². The first-order valence-corrected chi connectivity index (χ1v) is 9.74. The molecule has 0 aromatic heterocycles. The van der Waals surface area contributed by atoms with E-state index in [1.54, 1.807) is 12.1 Å². The molecule has 0 spiro atoms.